The minimum Gasteiger partial charge on any atom is -0.374 e. The largest absolute Gasteiger partial charge is 0.374 e. The van der Waals surface area contributed by atoms with Gasteiger partial charge >= 0.3 is 0 Å². The van der Waals surface area contributed by atoms with Gasteiger partial charge in [0, 0.05) is 38.8 Å². The maximum absolute atomic E-state index is 12.5. The van der Waals surface area contributed by atoms with Crippen LogP contribution in [0.3, 0.4) is 0 Å². The molecule has 3 rings (SSSR count). The van der Waals surface area contributed by atoms with Crippen LogP contribution in [0.25, 0.3) is 0 Å². The molecule has 1 amide bonds. The Morgan fingerprint density at radius 1 is 1.31 bits per heavy atom. The normalized spacial score (nSPS) is 21.3. The van der Waals surface area contributed by atoms with Crippen LogP contribution in [0, 0.1) is 5.92 Å². The Balaban J connectivity index is 1.42. The molecule has 0 bridgehead atoms. The summed E-state index contributed by atoms with van der Waals surface area (Å²) in [6.45, 7) is 10.2. The predicted octanol–water partition coefficient (Wildman–Crippen LogP) is 2.12. The van der Waals surface area contributed by atoms with Crippen LogP contribution in [0.1, 0.15) is 32.3 Å². The summed E-state index contributed by atoms with van der Waals surface area (Å²) in [4.78, 5) is 17.2. The quantitative estimate of drug-likeness (QED) is 0.734. The molecule has 144 valence electrons. The number of nitrogens with one attached hydrogen (secondary N) is 1. The first-order valence-corrected chi connectivity index (χ1v) is 9.99. The van der Waals surface area contributed by atoms with Crippen LogP contribution in [0.5, 0.6) is 0 Å². The fourth-order valence-corrected chi connectivity index (χ4v) is 3.63. The van der Waals surface area contributed by atoms with Gasteiger partial charge in [0.25, 0.3) is 0 Å². The van der Waals surface area contributed by atoms with Gasteiger partial charge in [-0.2, -0.15) is 0 Å². The number of carbonyl (C=O) groups excluding carboxylic acids is 1. The van der Waals surface area contributed by atoms with E-state index >= 15 is 0 Å². The molecular formula is C21H33N3O2. The molecule has 1 atom stereocenters. The van der Waals surface area contributed by atoms with Crippen molar-refractivity contribution in [3.8, 4) is 0 Å². The van der Waals surface area contributed by atoms with E-state index in [-0.39, 0.29) is 12.0 Å². The predicted molar refractivity (Wildman–Crippen MR) is 104 cm³/mol. The van der Waals surface area contributed by atoms with E-state index < -0.39 is 0 Å². The molecular weight excluding hydrogens is 326 g/mol. The van der Waals surface area contributed by atoms with E-state index in [0.717, 1.165) is 32.8 Å². The average molecular weight is 360 g/mol. The van der Waals surface area contributed by atoms with E-state index in [1.165, 1.54) is 18.4 Å². The van der Waals surface area contributed by atoms with Crippen LogP contribution in [0.15, 0.2) is 30.3 Å². The Morgan fingerprint density at radius 2 is 2.08 bits per heavy atom. The van der Waals surface area contributed by atoms with Crippen molar-refractivity contribution >= 4 is 5.91 Å². The molecule has 0 unspecified atom stereocenters. The molecule has 0 radical (unpaired) electrons. The van der Waals surface area contributed by atoms with Gasteiger partial charge in [-0.3, -0.25) is 14.6 Å². The molecule has 1 saturated heterocycles. The fourth-order valence-electron chi connectivity index (χ4n) is 3.63. The molecule has 0 aromatic heterocycles. The van der Waals surface area contributed by atoms with Gasteiger partial charge in [0.2, 0.25) is 5.91 Å². The number of rotatable bonds is 9. The number of hydrogen-bond donors (Lipinski definition) is 1. The number of hydrogen-bond acceptors (Lipinski definition) is 4. The molecule has 5 heteroatoms. The molecule has 1 heterocycles. The highest BCUT2D eigenvalue weighted by Gasteiger charge is 2.30. The van der Waals surface area contributed by atoms with Crippen LogP contribution < -0.4 is 5.32 Å². The number of benzene rings is 1. The Hall–Kier alpha value is -1.43. The van der Waals surface area contributed by atoms with E-state index in [0.29, 0.717) is 25.0 Å². The van der Waals surface area contributed by atoms with Gasteiger partial charge in [-0.15, -0.1) is 0 Å². The topological polar surface area (TPSA) is 44.8 Å². The van der Waals surface area contributed by atoms with Crippen molar-refractivity contribution in [2.24, 2.45) is 5.92 Å². The third kappa shape index (κ3) is 6.38. The zero-order valence-corrected chi connectivity index (χ0v) is 16.2. The smallest absolute Gasteiger partial charge is 0.234 e. The third-order valence-corrected chi connectivity index (χ3v) is 5.01. The molecule has 1 saturated carbocycles. The van der Waals surface area contributed by atoms with Crippen LogP contribution in [-0.4, -0.2) is 67.2 Å². The first kappa shape index (κ1) is 19.3. The van der Waals surface area contributed by atoms with Crippen molar-refractivity contribution < 1.29 is 9.53 Å². The molecule has 1 aliphatic carbocycles. The van der Waals surface area contributed by atoms with Gasteiger partial charge in [-0.05, 0) is 24.3 Å². The summed E-state index contributed by atoms with van der Waals surface area (Å²) in [6.07, 6.45) is 2.52. The molecule has 2 aliphatic rings. The monoisotopic (exact) mass is 359 g/mol. The number of ether oxygens (including phenoxy) is 1. The van der Waals surface area contributed by atoms with Gasteiger partial charge in [0.05, 0.1) is 19.3 Å². The standard InChI is InChI=1S/C21H33N3O2/c1-17(2)13-23-10-11-26-20(15-23)12-22-21(25)16-24(19-8-9-19)14-18-6-4-3-5-7-18/h3-7,17,19-20H,8-16H2,1-2H3,(H,22,25)/t20-/m1/s1. The van der Waals surface area contributed by atoms with Crippen LogP contribution in [-0.2, 0) is 16.1 Å². The molecule has 26 heavy (non-hydrogen) atoms. The van der Waals surface area contributed by atoms with E-state index in [1.807, 2.05) is 6.07 Å². The summed E-state index contributed by atoms with van der Waals surface area (Å²) in [7, 11) is 0. The van der Waals surface area contributed by atoms with Crippen LogP contribution in [0.4, 0.5) is 0 Å². The fraction of sp³-hybridized carbons (Fsp3) is 0.667. The molecule has 1 aliphatic heterocycles. The average Bonchev–Trinajstić information content (AvgIpc) is 3.45. The van der Waals surface area contributed by atoms with Crippen LogP contribution >= 0.6 is 0 Å². The molecule has 2 fully saturated rings. The molecule has 5 nitrogen and oxygen atoms in total. The molecule has 0 spiro atoms. The molecule has 1 aromatic rings. The second-order valence-electron chi connectivity index (χ2n) is 8.07. The maximum atomic E-state index is 12.5. The van der Waals surface area contributed by atoms with E-state index in [2.05, 4.69) is 53.2 Å². The summed E-state index contributed by atoms with van der Waals surface area (Å²) in [6, 6.07) is 11.0. The summed E-state index contributed by atoms with van der Waals surface area (Å²) in [5.41, 5.74) is 1.27. The van der Waals surface area contributed by atoms with Gasteiger partial charge in [0.15, 0.2) is 0 Å². The van der Waals surface area contributed by atoms with Crippen molar-refractivity contribution in [2.75, 3.05) is 39.3 Å². The lowest BCUT2D eigenvalue weighted by atomic mass is 10.2. The summed E-state index contributed by atoms with van der Waals surface area (Å²) in [5.74, 6) is 0.769. The van der Waals surface area contributed by atoms with Crippen molar-refractivity contribution in [2.45, 2.75) is 45.4 Å². The Morgan fingerprint density at radius 3 is 2.77 bits per heavy atom. The summed E-state index contributed by atoms with van der Waals surface area (Å²) < 4.78 is 5.83. The summed E-state index contributed by atoms with van der Waals surface area (Å²) >= 11 is 0. The lowest BCUT2D eigenvalue weighted by Gasteiger charge is -2.34. The van der Waals surface area contributed by atoms with Crippen molar-refractivity contribution in [3.63, 3.8) is 0 Å². The second-order valence-corrected chi connectivity index (χ2v) is 8.07. The van der Waals surface area contributed by atoms with E-state index in [4.69, 9.17) is 4.74 Å². The minimum atomic E-state index is 0.106. The Bertz CT molecular complexity index is 560. The zero-order valence-electron chi connectivity index (χ0n) is 16.2. The van der Waals surface area contributed by atoms with Gasteiger partial charge in [-0.1, -0.05) is 44.2 Å². The number of amides is 1. The zero-order chi connectivity index (χ0) is 18.4. The SMILES string of the molecule is CC(C)CN1CCO[C@H](CNC(=O)CN(Cc2ccccc2)C2CC2)C1. The number of carbonyl (C=O) groups is 1. The van der Waals surface area contributed by atoms with Crippen LogP contribution in [0.2, 0.25) is 0 Å². The Kier molecular flexibility index (Phi) is 7.06. The van der Waals surface area contributed by atoms with Gasteiger partial charge in [-0.25, -0.2) is 0 Å². The lowest BCUT2D eigenvalue weighted by molar-refractivity contribution is -0.123. The highest BCUT2D eigenvalue weighted by atomic mass is 16.5. The van der Waals surface area contributed by atoms with Gasteiger partial charge in [0.1, 0.15) is 0 Å². The highest BCUT2D eigenvalue weighted by molar-refractivity contribution is 5.78. The Labute approximate surface area is 157 Å². The van der Waals surface area contributed by atoms with Gasteiger partial charge < -0.3 is 10.1 Å². The van der Waals surface area contributed by atoms with E-state index in [9.17, 15) is 4.79 Å². The van der Waals surface area contributed by atoms with Crippen molar-refractivity contribution in [1.82, 2.24) is 15.1 Å². The number of morpholine rings is 1. The van der Waals surface area contributed by atoms with E-state index in [1.54, 1.807) is 0 Å². The first-order valence-electron chi connectivity index (χ1n) is 9.99. The number of nitrogens with zero attached hydrogens (tertiary/aromatic N) is 2. The third-order valence-electron chi connectivity index (χ3n) is 5.01. The first-order chi connectivity index (χ1) is 12.6. The van der Waals surface area contributed by atoms with Crippen molar-refractivity contribution in [3.05, 3.63) is 35.9 Å². The maximum Gasteiger partial charge on any atom is 0.234 e. The second kappa shape index (κ2) is 9.49. The summed E-state index contributed by atoms with van der Waals surface area (Å²) in [5, 5.41) is 3.09. The highest BCUT2D eigenvalue weighted by Crippen LogP contribution is 2.27. The lowest BCUT2D eigenvalue weighted by Crippen LogP contribution is -2.49. The molecule has 1 N–H and O–H groups in total. The minimum absolute atomic E-state index is 0.106. The molecule has 1 aromatic carbocycles. The van der Waals surface area contributed by atoms with Crippen molar-refractivity contribution in [1.29, 1.82) is 0 Å².